The summed E-state index contributed by atoms with van der Waals surface area (Å²) in [6.45, 7) is 2.06. The van der Waals surface area contributed by atoms with Gasteiger partial charge in [-0.05, 0) is 25.3 Å². The molecule has 5 rings (SSSR count). The summed E-state index contributed by atoms with van der Waals surface area (Å²) in [6, 6.07) is 5.71. The zero-order valence-corrected chi connectivity index (χ0v) is 15.2. The highest BCUT2D eigenvalue weighted by atomic mass is 16.7. The molecule has 2 spiro atoms. The predicted octanol–water partition coefficient (Wildman–Crippen LogP) is 1.85. The van der Waals surface area contributed by atoms with Crippen LogP contribution < -0.4 is 15.4 Å². The number of fused-ring (bicyclic) bond motifs is 2. The number of nitrogens with one attached hydrogen (secondary N) is 2. The monoisotopic (exact) mass is 372 g/mol. The fourth-order valence-electron chi connectivity index (χ4n) is 4.80. The highest BCUT2D eigenvalue weighted by Crippen LogP contribution is 2.52. The van der Waals surface area contributed by atoms with Crippen molar-refractivity contribution in [3.8, 4) is 5.75 Å². The number of carbonyl (C=O) groups is 2. The predicted molar refractivity (Wildman–Crippen MR) is 96.5 cm³/mol. The van der Waals surface area contributed by atoms with Crippen molar-refractivity contribution in [1.82, 2.24) is 5.32 Å². The molecule has 27 heavy (non-hydrogen) atoms. The normalized spacial score (nSPS) is 28.1. The minimum absolute atomic E-state index is 0.0308. The van der Waals surface area contributed by atoms with Gasteiger partial charge in [0, 0.05) is 42.0 Å². The van der Waals surface area contributed by atoms with Gasteiger partial charge in [-0.25, -0.2) is 0 Å². The van der Waals surface area contributed by atoms with Crippen molar-refractivity contribution >= 4 is 17.5 Å². The van der Waals surface area contributed by atoms with Crippen LogP contribution in [0, 0.1) is 0 Å². The highest BCUT2D eigenvalue weighted by Gasteiger charge is 2.50. The van der Waals surface area contributed by atoms with E-state index in [1.54, 1.807) is 0 Å². The smallest absolute Gasteiger partial charge is 0.249 e. The van der Waals surface area contributed by atoms with Crippen LogP contribution in [0.3, 0.4) is 0 Å². The molecule has 2 N–H and O–H groups in total. The van der Waals surface area contributed by atoms with E-state index >= 15 is 0 Å². The molecule has 0 aromatic heterocycles. The molecule has 1 unspecified atom stereocenters. The quantitative estimate of drug-likeness (QED) is 0.771. The standard InChI is InChI=1S/C20H24N2O5/c23-17-4-3-15(18(24)22-17)21-13-1-2-14-16(11-13)25-12-19(14)5-7-20(8-6-19)26-9-10-27-20/h1-2,11,15,21H,3-10,12H2,(H,22,23,24). The largest absolute Gasteiger partial charge is 0.492 e. The number of carbonyl (C=O) groups excluding carboxylic acids is 2. The average Bonchev–Trinajstić information content (AvgIpc) is 3.26. The minimum atomic E-state index is -0.387. The van der Waals surface area contributed by atoms with E-state index in [1.165, 1.54) is 5.56 Å². The molecular formula is C20H24N2O5. The van der Waals surface area contributed by atoms with Crippen molar-refractivity contribution in [2.45, 2.75) is 55.8 Å². The number of amides is 2. The first-order valence-corrected chi connectivity index (χ1v) is 9.73. The molecule has 2 saturated heterocycles. The molecule has 7 heteroatoms. The van der Waals surface area contributed by atoms with Crippen molar-refractivity contribution < 1.29 is 23.8 Å². The molecule has 0 radical (unpaired) electrons. The Labute approximate surface area is 157 Å². The fourth-order valence-corrected chi connectivity index (χ4v) is 4.80. The summed E-state index contributed by atoms with van der Waals surface area (Å²) in [5, 5.41) is 5.60. The van der Waals surface area contributed by atoms with E-state index in [2.05, 4.69) is 16.7 Å². The van der Waals surface area contributed by atoms with Gasteiger partial charge in [0.15, 0.2) is 5.79 Å². The van der Waals surface area contributed by atoms with Crippen LogP contribution in [-0.4, -0.2) is 43.5 Å². The van der Waals surface area contributed by atoms with Gasteiger partial charge in [-0.1, -0.05) is 6.07 Å². The summed E-state index contributed by atoms with van der Waals surface area (Å²) in [5.41, 5.74) is 2.11. The molecule has 2 amide bonds. The second kappa shape index (κ2) is 6.21. The van der Waals surface area contributed by atoms with E-state index in [4.69, 9.17) is 14.2 Å². The van der Waals surface area contributed by atoms with Gasteiger partial charge in [0.2, 0.25) is 11.8 Å². The van der Waals surface area contributed by atoms with Crippen LogP contribution >= 0.6 is 0 Å². The maximum atomic E-state index is 12.0. The fraction of sp³-hybridized carbons (Fsp3) is 0.600. The van der Waals surface area contributed by atoms with Crippen LogP contribution in [0.15, 0.2) is 18.2 Å². The van der Waals surface area contributed by atoms with Gasteiger partial charge in [-0.2, -0.15) is 0 Å². The lowest BCUT2D eigenvalue weighted by Gasteiger charge is -2.40. The number of rotatable bonds is 2. The maximum Gasteiger partial charge on any atom is 0.249 e. The van der Waals surface area contributed by atoms with Gasteiger partial charge in [0.05, 0.1) is 19.8 Å². The molecule has 1 aromatic rings. The number of anilines is 1. The van der Waals surface area contributed by atoms with Crippen molar-refractivity contribution in [2.24, 2.45) is 0 Å². The van der Waals surface area contributed by atoms with Crippen molar-refractivity contribution in [3.63, 3.8) is 0 Å². The van der Waals surface area contributed by atoms with Crippen LogP contribution in [0.1, 0.15) is 44.1 Å². The van der Waals surface area contributed by atoms with E-state index in [-0.39, 0.29) is 29.1 Å². The van der Waals surface area contributed by atoms with Crippen LogP contribution in [0.5, 0.6) is 5.75 Å². The van der Waals surface area contributed by atoms with Crippen LogP contribution in [-0.2, 0) is 24.5 Å². The van der Waals surface area contributed by atoms with Gasteiger partial charge in [-0.15, -0.1) is 0 Å². The zero-order valence-electron chi connectivity index (χ0n) is 15.2. The molecule has 1 atom stereocenters. The third kappa shape index (κ3) is 2.89. The molecule has 4 aliphatic rings. The molecular weight excluding hydrogens is 348 g/mol. The Morgan fingerprint density at radius 3 is 2.59 bits per heavy atom. The summed E-state index contributed by atoms with van der Waals surface area (Å²) in [4.78, 5) is 23.3. The lowest BCUT2D eigenvalue weighted by Crippen LogP contribution is -2.47. The first-order chi connectivity index (χ1) is 13.1. The van der Waals surface area contributed by atoms with Crippen molar-refractivity contribution in [2.75, 3.05) is 25.1 Å². The molecule has 3 fully saturated rings. The lowest BCUT2D eigenvalue weighted by atomic mass is 9.69. The molecule has 3 aliphatic heterocycles. The van der Waals surface area contributed by atoms with E-state index < -0.39 is 0 Å². The second-order valence-corrected chi connectivity index (χ2v) is 8.04. The van der Waals surface area contributed by atoms with Gasteiger partial charge >= 0.3 is 0 Å². The third-order valence-corrected chi connectivity index (χ3v) is 6.42. The molecule has 7 nitrogen and oxygen atoms in total. The first kappa shape index (κ1) is 17.0. The Morgan fingerprint density at radius 2 is 1.85 bits per heavy atom. The molecule has 1 saturated carbocycles. The van der Waals surface area contributed by atoms with Crippen LogP contribution in [0.4, 0.5) is 5.69 Å². The van der Waals surface area contributed by atoms with Crippen LogP contribution in [0.25, 0.3) is 0 Å². The number of hydrogen-bond acceptors (Lipinski definition) is 6. The van der Waals surface area contributed by atoms with E-state index in [0.29, 0.717) is 32.7 Å². The van der Waals surface area contributed by atoms with Gasteiger partial charge in [0.25, 0.3) is 0 Å². The van der Waals surface area contributed by atoms with Crippen LogP contribution in [0.2, 0.25) is 0 Å². The molecule has 0 bridgehead atoms. The summed E-state index contributed by atoms with van der Waals surface area (Å²) in [5.74, 6) is 0.0405. The Bertz CT molecular complexity index is 777. The lowest BCUT2D eigenvalue weighted by molar-refractivity contribution is -0.185. The third-order valence-electron chi connectivity index (χ3n) is 6.42. The molecule has 144 valence electrons. The average molecular weight is 372 g/mol. The Balaban J connectivity index is 1.31. The number of imide groups is 1. The number of ether oxygens (including phenoxy) is 3. The summed E-state index contributed by atoms with van der Waals surface area (Å²) in [7, 11) is 0. The summed E-state index contributed by atoms with van der Waals surface area (Å²) in [6.07, 6.45) is 4.63. The van der Waals surface area contributed by atoms with E-state index in [9.17, 15) is 9.59 Å². The van der Waals surface area contributed by atoms with Gasteiger partial charge in [-0.3, -0.25) is 14.9 Å². The summed E-state index contributed by atoms with van der Waals surface area (Å²) < 4.78 is 17.8. The minimum Gasteiger partial charge on any atom is -0.492 e. The highest BCUT2D eigenvalue weighted by molar-refractivity contribution is 6.01. The summed E-state index contributed by atoms with van der Waals surface area (Å²) >= 11 is 0. The molecule has 1 aliphatic carbocycles. The van der Waals surface area contributed by atoms with Crippen molar-refractivity contribution in [3.05, 3.63) is 23.8 Å². The number of hydrogen-bond donors (Lipinski definition) is 2. The SMILES string of the molecule is O=C1CCC(Nc2ccc3c(c2)OCC32CCC3(CC2)OCCO3)C(=O)N1. The Hall–Kier alpha value is -2.12. The zero-order chi connectivity index (χ0) is 18.5. The van der Waals surface area contributed by atoms with E-state index in [0.717, 1.165) is 37.1 Å². The molecule has 3 heterocycles. The van der Waals surface area contributed by atoms with Gasteiger partial charge in [0.1, 0.15) is 11.8 Å². The maximum absolute atomic E-state index is 12.0. The topological polar surface area (TPSA) is 85.9 Å². The number of piperidine rings is 1. The Kier molecular flexibility index (Phi) is 3.91. The van der Waals surface area contributed by atoms with Gasteiger partial charge < -0.3 is 19.5 Å². The second-order valence-electron chi connectivity index (χ2n) is 8.04. The Morgan fingerprint density at radius 1 is 1.07 bits per heavy atom. The van der Waals surface area contributed by atoms with E-state index in [1.807, 2.05) is 12.1 Å². The first-order valence-electron chi connectivity index (χ1n) is 9.73. The van der Waals surface area contributed by atoms with Crippen molar-refractivity contribution in [1.29, 1.82) is 0 Å². The number of benzene rings is 1. The molecule has 1 aromatic carbocycles.